The van der Waals surface area contributed by atoms with E-state index in [0.29, 0.717) is 0 Å². The molecular formula is C32H51F3N6O18. The van der Waals surface area contributed by atoms with Crippen LogP contribution in [0.4, 0.5) is 27.6 Å². The smallest absolute Gasteiger partial charge is 0.351 e. The third kappa shape index (κ3) is 9.15. The van der Waals surface area contributed by atoms with Crippen LogP contribution in [0.3, 0.4) is 0 Å². The van der Waals surface area contributed by atoms with Crippen molar-refractivity contribution in [3.05, 3.63) is 0 Å². The van der Waals surface area contributed by atoms with E-state index in [0.717, 1.165) is 35.7 Å². The number of nitrogens with one attached hydrogen (secondary N) is 3. The summed E-state index contributed by atoms with van der Waals surface area (Å²) in [4.78, 5) is 61.3. The van der Waals surface area contributed by atoms with Crippen LogP contribution in [0.5, 0.6) is 0 Å². The van der Waals surface area contributed by atoms with Gasteiger partial charge < -0.3 is 80.9 Å². The topological polar surface area (TPSA) is 350 Å². The zero-order valence-corrected chi connectivity index (χ0v) is 32.0. The molecule has 0 radical (unpaired) electrons. The Balaban J connectivity index is 0.000000196. The van der Waals surface area contributed by atoms with Gasteiger partial charge in [0, 0.05) is 38.9 Å². The largest absolute Gasteiger partial charge is 0.466 e. The van der Waals surface area contributed by atoms with E-state index in [2.05, 4.69) is 20.7 Å². The number of ether oxygens (including phenoxy) is 4. The van der Waals surface area contributed by atoms with Gasteiger partial charge >= 0.3 is 24.1 Å². The van der Waals surface area contributed by atoms with E-state index in [4.69, 9.17) is 29.5 Å². The Morgan fingerprint density at radius 1 is 0.644 bits per heavy atom. The van der Waals surface area contributed by atoms with Crippen LogP contribution in [-0.4, -0.2) is 228 Å². The van der Waals surface area contributed by atoms with Gasteiger partial charge in [0.1, 0.15) is 55.3 Å². The number of rotatable bonds is 8. The summed E-state index contributed by atoms with van der Waals surface area (Å²) in [5.41, 5.74) is -8.01. The summed E-state index contributed by atoms with van der Waals surface area (Å²) in [5.74, 6) is -2.40. The number of carbonyl (C=O) groups excluding carboxylic acids is 5. The Hall–Kier alpha value is -3.74. The number of hydrogen-bond donors (Lipinski definition) is 12. The summed E-state index contributed by atoms with van der Waals surface area (Å²) in [6, 6.07) is -2.31. The van der Waals surface area contributed by atoms with Crippen molar-refractivity contribution in [2.45, 2.75) is 124 Å². The zero-order valence-electron chi connectivity index (χ0n) is 32.0. The van der Waals surface area contributed by atoms with E-state index >= 15 is 4.39 Å². The van der Waals surface area contributed by atoms with Crippen LogP contribution in [0.1, 0.15) is 33.1 Å². The summed E-state index contributed by atoms with van der Waals surface area (Å²) < 4.78 is 64.0. The van der Waals surface area contributed by atoms with Crippen molar-refractivity contribution in [3.63, 3.8) is 0 Å². The Bertz CT molecular complexity index is 1540. The molecule has 6 aliphatic rings. The van der Waals surface area contributed by atoms with Gasteiger partial charge in [-0.25, -0.2) is 32.3 Å². The highest BCUT2D eigenvalue weighted by Gasteiger charge is 2.66. The van der Waals surface area contributed by atoms with E-state index in [1.54, 1.807) is 0 Å². The van der Waals surface area contributed by atoms with Crippen molar-refractivity contribution >= 4 is 29.8 Å². The molecule has 59 heavy (non-hydrogen) atoms. The number of urea groups is 3. The van der Waals surface area contributed by atoms with Gasteiger partial charge in [0.25, 0.3) is 5.67 Å². The number of aliphatic hydroxyl groups is 9. The Kier molecular flexibility index (Phi) is 15.3. The summed E-state index contributed by atoms with van der Waals surface area (Å²) in [7, 11) is 0.930. The number of alkyl halides is 3. The van der Waals surface area contributed by atoms with Crippen molar-refractivity contribution in [1.82, 2.24) is 30.7 Å². The van der Waals surface area contributed by atoms with Gasteiger partial charge in [-0.1, -0.05) is 0 Å². The van der Waals surface area contributed by atoms with Crippen LogP contribution in [0.2, 0.25) is 0 Å². The standard InChI is InChI=1S/C11H17FN2O7.C11H17FN2O6.C10H17FN2O5/c1-20-9(18)11(12)7(17)5(4-15)21-8(11)14-3-2-6(16)13-10(14)19;1-5(16)11(12)8(18)6(4-15)20-9(11)14-3-2-7(17)13-10(14)19;1-10(11)7(16)5(4-14)18-8(10)13-3-2-6(15)12-9(13)17/h5-8,15-17H,2-4H2,1H3,(H,13,19);6-9,15,17-18H,2-4H2,1H3,(H,13,19);5-8,14-16H,2-4H2,1H3,(H,12,17)/t5-,6?,7-,8-,11-;6-,7?,8-,9-,11+;5-,6?,7-,8-,10+/m111/s1. The van der Waals surface area contributed by atoms with Gasteiger partial charge in [0.2, 0.25) is 5.67 Å². The highest BCUT2D eigenvalue weighted by molar-refractivity contribution is 5.88. The monoisotopic (exact) mass is 864 g/mol. The molecule has 3 unspecified atom stereocenters. The number of nitrogens with zero attached hydrogens (tertiary/aromatic N) is 3. The average molecular weight is 865 g/mol. The van der Waals surface area contributed by atoms with E-state index in [1.165, 1.54) is 0 Å². The molecule has 6 fully saturated rings. The lowest BCUT2D eigenvalue weighted by Crippen LogP contribution is -2.63. The van der Waals surface area contributed by atoms with Gasteiger partial charge in [-0.05, 0) is 13.8 Å². The lowest BCUT2D eigenvalue weighted by molar-refractivity contribution is -0.172. The molecule has 6 heterocycles. The summed E-state index contributed by atoms with van der Waals surface area (Å²) >= 11 is 0. The molecule has 6 rings (SSSR count). The number of aliphatic hydroxyl groups excluding tert-OH is 9. The van der Waals surface area contributed by atoms with Gasteiger partial charge in [0.05, 0.1) is 26.9 Å². The minimum absolute atomic E-state index is 0.0402. The second-order valence-corrected chi connectivity index (χ2v) is 14.5. The van der Waals surface area contributed by atoms with E-state index in [9.17, 15) is 63.4 Å². The average Bonchev–Trinajstić information content (AvgIpc) is 3.70. The van der Waals surface area contributed by atoms with Crippen molar-refractivity contribution in [2.75, 3.05) is 46.6 Å². The fourth-order valence-electron chi connectivity index (χ4n) is 7.21. The first-order valence-corrected chi connectivity index (χ1v) is 18.3. The predicted octanol–water partition coefficient (Wildman–Crippen LogP) is -5.70. The second-order valence-electron chi connectivity index (χ2n) is 14.5. The van der Waals surface area contributed by atoms with Crippen LogP contribution >= 0.6 is 0 Å². The minimum Gasteiger partial charge on any atom is -0.466 e. The maximum atomic E-state index is 15.0. The van der Waals surface area contributed by atoms with Crippen LogP contribution in [0.15, 0.2) is 0 Å². The molecule has 24 nitrogen and oxygen atoms in total. The molecule has 0 spiro atoms. The summed E-state index contributed by atoms with van der Waals surface area (Å²) in [6.07, 6.45) is -16.4. The van der Waals surface area contributed by atoms with Crippen LogP contribution in [0, 0.1) is 0 Å². The van der Waals surface area contributed by atoms with Gasteiger partial charge in [-0.2, -0.15) is 0 Å². The molecule has 0 aliphatic carbocycles. The first-order valence-electron chi connectivity index (χ1n) is 18.3. The number of carbonyl (C=O) groups is 5. The van der Waals surface area contributed by atoms with Crippen LogP contribution in [-0.2, 0) is 28.5 Å². The van der Waals surface area contributed by atoms with E-state index in [-0.39, 0.29) is 38.9 Å². The quantitative estimate of drug-likeness (QED) is 0.101. The molecule has 6 amide bonds. The van der Waals surface area contributed by atoms with Crippen LogP contribution in [0.25, 0.3) is 0 Å². The SMILES string of the molecule is CC(=O)[C@]1(F)[C@H](O)[C@@H](CO)O[C@H]1N1CCC(O)NC1=O.COC(=O)[C@@]1(F)[C@H](O)[C@@H](CO)O[C@H]1N1CCC(O)NC1=O.C[C@]1(F)[C@H](O)[C@@H](CO)O[C@H]1N1CCC(O)NC1=O. The molecule has 15 atom stereocenters. The first-order chi connectivity index (χ1) is 27.5. The van der Waals surface area contributed by atoms with Crippen molar-refractivity contribution < 1.29 is 102 Å². The van der Waals surface area contributed by atoms with Crippen molar-refractivity contribution in [2.24, 2.45) is 0 Å². The molecule has 27 heteroatoms. The molecule has 338 valence electrons. The molecule has 0 bridgehead atoms. The van der Waals surface area contributed by atoms with E-state index in [1.807, 2.05) is 0 Å². The zero-order chi connectivity index (χ0) is 44.4. The Morgan fingerprint density at radius 3 is 1.29 bits per heavy atom. The Morgan fingerprint density at radius 2 is 0.966 bits per heavy atom. The molecule has 6 aliphatic heterocycles. The molecule has 0 aromatic heterocycles. The number of amides is 6. The van der Waals surface area contributed by atoms with Crippen LogP contribution < -0.4 is 16.0 Å². The lowest BCUT2D eigenvalue weighted by Gasteiger charge is -2.38. The first kappa shape index (κ1) is 47.9. The van der Waals surface area contributed by atoms with Gasteiger partial charge in [-0.15, -0.1) is 0 Å². The third-order valence-corrected chi connectivity index (χ3v) is 10.6. The molecule has 12 N–H and O–H groups in total. The minimum atomic E-state index is -3.03. The number of ketones is 1. The number of methoxy groups -OCH3 is 1. The number of hydrogen-bond acceptors (Lipinski definition) is 18. The molecule has 0 saturated carbocycles. The number of Topliss-reactive ketones (excluding diaryl/α,β-unsaturated/α-hetero) is 1. The lowest BCUT2D eigenvalue weighted by atomic mass is 9.91. The third-order valence-electron chi connectivity index (χ3n) is 10.6. The summed E-state index contributed by atoms with van der Waals surface area (Å²) in [6.45, 7) is 0.0868. The molecule has 6 saturated heterocycles. The number of halogens is 3. The fraction of sp³-hybridized carbons (Fsp3) is 0.844. The predicted molar refractivity (Wildman–Crippen MR) is 183 cm³/mol. The van der Waals surface area contributed by atoms with Crippen molar-refractivity contribution in [1.29, 1.82) is 0 Å². The van der Waals surface area contributed by atoms with Gasteiger partial charge in [-0.3, -0.25) is 19.5 Å². The normalized spacial score (nSPS) is 42.2. The molecule has 0 aromatic carbocycles. The molecule has 0 aromatic rings. The second kappa shape index (κ2) is 18.9. The number of esters is 1. The fourth-order valence-corrected chi connectivity index (χ4v) is 7.21. The highest BCUT2D eigenvalue weighted by Crippen LogP contribution is 2.40. The highest BCUT2D eigenvalue weighted by atomic mass is 19.2. The summed E-state index contributed by atoms with van der Waals surface area (Å²) in [5, 5.41) is 90.9. The van der Waals surface area contributed by atoms with Gasteiger partial charge in [0.15, 0.2) is 30.1 Å². The molecular weight excluding hydrogens is 813 g/mol. The van der Waals surface area contributed by atoms with Crippen molar-refractivity contribution in [3.8, 4) is 0 Å². The maximum Gasteiger partial charge on any atom is 0.351 e. The van der Waals surface area contributed by atoms with E-state index < -0.39 is 141 Å². The maximum absolute atomic E-state index is 15.0. The Labute approximate surface area is 333 Å².